The number of amides is 1. The second-order valence-corrected chi connectivity index (χ2v) is 13.1. The van der Waals surface area contributed by atoms with Crippen LogP contribution in [0.4, 0.5) is 14.5 Å². The van der Waals surface area contributed by atoms with Crippen LogP contribution < -0.4 is 10.1 Å². The number of hydrogen-bond acceptors (Lipinski definition) is 5. The molecule has 0 aromatic heterocycles. The van der Waals surface area contributed by atoms with Gasteiger partial charge < -0.3 is 14.8 Å². The number of rotatable bonds is 8. The molecule has 1 N–H and O–H groups in total. The van der Waals surface area contributed by atoms with Gasteiger partial charge in [-0.1, -0.05) is 6.07 Å². The third kappa shape index (κ3) is 5.88. The Hall–Kier alpha value is -2.65. The molecule has 1 amide bonds. The van der Waals surface area contributed by atoms with Gasteiger partial charge >= 0.3 is 5.97 Å². The van der Waals surface area contributed by atoms with Crippen LogP contribution >= 0.6 is 10.0 Å². The fraction of sp³-hybridized carbons (Fsp3) is 0.440. The van der Waals surface area contributed by atoms with Crippen LogP contribution in [0.15, 0.2) is 35.2 Å². The maximum atomic E-state index is 14.7. The lowest BCUT2D eigenvalue weighted by Crippen LogP contribution is -2.42. The molecule has 0 aliphatic carbocycles. The molecule has 1 atom stereocenters. The fourth-order valence-corrected chi connectivity index (χ4v) is 5.57. The van der Waals surface area contributed by atoms with Crippen LogP contribution in [0.5, 0.6) is 5.75 Å². The Labute approximate surface area is 200 Å². The smallest absolute Gasteiger partial charge is 0.305 e. The summed E-state index contributed by atoms with van der Waals surface area (Å²) in [7, 11) is 1.30. The average molecular weight is 495 g/mol. The van der Waals surface area contributed by atoms with E-state index in [9.17, 15) is 18.4 Å². The van der Waals surface area contributed by atoms with E-state index in [-0.39, 0.29) is 28.9 Å². The van der Waals surface area contributed by atoms with Crippen LogP contribution in [-0.2, 0) is 20.7 Å². The second-order valence-electron chi connectivity index (χ2n) is 9.03. The highest BCUT2D eigenvalue weighted by atomic mass is 32.3. The van der Waals surface area contributed by atoms with Gasteiger partial charge in [-0.3, -0.25) is 14.5 Å². The first kappa shape index (κ1) is 26.0. The molecule has 34 heavy (non-hydrogen) atoms. The SMILES string of the molecule is COC(=O)CCCN1CCc2cc(OC)ccc2[C@@H]1C(=O)Nc1cc(F)c(S(C)(C)C)c(F)c1. The number of nitrogens with zero attached hydrogens (tertiary/aromatic N) is 1. The molecule has 0 spiro atoms. The van der Waals surface area contributed by atoms with E-state index in [1.165, 1.54) is 19.2 Å². The van der Waals surface area contributed by atoms with Gasteiger partial charge in [0.2, 0.25) is 5.91 Å². The summed E-state index contributed by atoms with van der Waals surface area (Å²) in [4.78, 5) is 27.0. The summed E-state index contributed by atoms with van der Waals surface area (Å²) < 4.78 is 39.5. The summed E-state index contributed by atoms with van der Waals surface area (Å²) in [6.45, 7) is 1.09. The van der Waals surface area contributed by atoms with Gasteiger partial charge in [-0.25, -0.2) is 18.8 Å². The van der Waals surface area contributed by atoms with Crippen molar-refractivity contribution in [1.29, 1.82) is 0 Å². The number of fused-ring (bicyclic) bond motifs is 1. The highest BCUT2D eigenvalue weighted by molar-refractivity contribution is 8.32. The molecular formula is C25H32F2N2O4S. The minimum absolute atomic E-state index is 0.0602. The number of carbonyl (C=O) groups excluding carboxylic acids is 2. The Bertz CT molecular complexity index is 1050. The van der Waals surface area contributed by atoms with Crippen LogP contribution in [0, 0.1) is 11.6 Å². The lowest BCUT2D eigenvalue weighted by atomic mass is 9.91. The number of anilines is 1. The second kappa shape index (κ2) is 10.7. The minimum Gasteiger partial charge on any atom is -0.497 e. The quantitative estimate of drug-likeness (QED) is 0.547. The van der Waals surface area contributed by atoms with Crippen molar-refractivity contribution < 1.29 is 27.8 Å². The molecule has 1 aliphatic heterocycles. The summed E-state index contributed by atoms with van der Waals surface area (Å²) in [6.07, 6.45) is 6.91. The van der Waals surface area contributed by atoms with Crippen LogP contribution in [0.2, 0.25) is 0 Å². The molecule has 0 fully saturated rings. The Morgan fingerprint density at radius 1 is 1.12 bits per heavy atom. The van der Waals surface area contributed by atoms with E-state index in [0.29, 0.717) is 31.7 Å². The molecule has 1 heterocycles. The van der Waals surface area contributed by atoms with Gasteiger partial charge in [0.25, 0.3) is 0 Å². The molecular weight excluding hydrogens is 462 g/mol. The predicted octanol–water partition coefficient (Wildman–Crippen LogP) is 4.52. The molecule has 0 bridgehead atoms. The van der Waals surface area contributed by atoms with E-state index in [4.69, 9.17) is 9.47 Å². The fourth-order valence-electron chi connectivity index (χ4n) is 4.29. The highest BCUT2D eigenvalue weighted by Gasteiger charge is 2.33. The lowest BCUT2D eigenvalue weighted by Gasteiger charge is -2.36. The van der Waals surface area contributed by atoms with Crippen molar-refractivity contribution in [3.8, 4) is 5.75 Å². The number of ether oxygens (including phenoxy) is 2. The Kier molecular flexibility index (Phi) is 8.20. The topological polar surface area (TPSA) is 67.9 Å². The maximum absolute atomic E-state index is 14.7. The summed E-state index contributed by atoms with van der Waals surface area (Å²) in [5.74, 6) is -1.33. The zero-order valence-electron chi connectivity index (χ0n) is 20.2. The molecule has 186 valence electrons. The van der Waals surface area contributed by atoms with E-state index in [1.54, 1.807) is 13.2 Å². The Balaban J connectivity index is 1.89. The maximum Gasteiger partial charge on any atom is 0.305 e. The summed E-state index contributed by atoms with van der Waals surface area (Å²) >= 11 is 0. The highest BCUT2D eigenvalue weighted by Crippen LogP contribution is 2.48. The summed E-state index contributed by atoms with van der Waals surface area (Å²) in [5.41, 5.74) is 1.86. The molecule has 3 rings (SSSR count). The van der Waals surface area contributed by atoms with Crippen LogP contribution in [-0.4, -0.2) is 62.9 Å². The van der Waals surface area contributed by atoms with Gasteiger partial charge in [-0.05, 0) is 73.5 Å². The van der Waals surface area contributed by atoms with Gasteiger partial charge in [0, 0.05) is 18.7 Å². The van der Waals surface area contributed by atoms with Gasteiger partial charge in [0.1, 0.15) is 23.4 Å². The summed E-state index contributed by atoms with van der Waals surface area (Å²) in [5, 5.41) is 2.71. The number of hydrogen-bond donors (Lipinski definition) is 1. The van der Waals surface area contributed by atoms with E-state index in [0.717, 1.165) is 11.1 Å². The molecule has 2 aromatic rings. The van der Waals surface area contributed by atoms with Gasteiger partial charge in [-0.15, -0.1) is 0 Å². The van der Waals surface area contributed by atoms with Crippen molar-refractivity contribution >= 4 is 27.6 Å². The molecule has 0 saturated carbocycles. The number of benzene rings is 2. The number of esters is 1. The van der Waals surface area contributed by atoms with Crippen molar-refractivity contribution in [2.75, 3.05) is 51.4 Å². The van der Waals surface area contributed by atoms with Gasteiger partial charge in [0.05, 0.1) is 19.1 Å². The first-order valence-corrected chi connectivity index (χ1v) is 13.9. The van der Waals surface area contributed by atoms with Crippen LogP contribution in [0.3, 0.4) is 0 Å². The van der Waals surface area contributed by atoms with Crippen molar-refractivity contribution in [1.82, 2.24) is 4.90 Å². The number of methoxy groups -OCH3 is 2. The first-order valence-electron chi connectivity index (χ1n) is 11.0. The molecule has 1 aliphatic rings. The third-order valence-corrected chi connectivity index (χ3v) is 7.47. The Morgan fingerprint density at radius 2 is 1.79 bits per heavy atom. The number of halogens is 2. The molecule has 0 unspecified atom stereocenters. The van der Waals surface area contributed by atoms with Crippen LogP contribution in [0.25, 0.3) is 0 Å². The predicted molar refractivity (Wildman–Crippen MR) is 131 cm³/mol. The standard InChI is InChI=1S/C25H32F2N2O4S/c1-32-18-8-9-19-16(13-18)10-12-29(11-6-7-22(30)33-2)23(19)25(31)28-17-14-20(26)24(21(27)15-17)34(3,4)5/h8-9,13-15,23H,6-7,10-12H2,1-5H3,(H,28,31)/t23-/m1/s1. The largest absolute Gasteiger partial charge is 0.497 e. The first-order chi connectivity index (χ1) is 16.0. The summed E-state index contributed by atoms with van der Waals surface area (Å²) in [6, 6.07) is 7.21. The zero-order valence-corrected chi connectivity index (χ0v) is 21.1. The van der Waals surface area contributed by atoms with Crippen molar-refractivity contribution in [3.63, 3.8) is 0 Å². The average Bonchev–Trinajstić information content (AvgIpc) is 2.76. The zero-order chi connectivity index (χ0) is 25.0. The Morgan fingerprint density at radius 3 is 2.38 bits per heavy atom. The monoisotopic (exact) mass is 494 g/mol. The van der Waals surface area contributed by atoms with E-state index < -0.39 is 27.7 Å². The molecule has 0 radical (unpaired) electrons. The van der Waals surface area contributed by atoms with E-state index >= 15 is 0 Å². The van der Waals surface area contributed by atoms with E-state index in [1.807, 2.05) is 35.8 Å². The molecule has 2 aromatic carbocycles. The molecule has 0 saturated heterocycles. The van der Waals surface area contributed by atoms with Crippen molar-refractivity contribution in [2.24, 2.45) is 0 Å². The van der Waals surface area contributed by atoms with Gasteiger partial charge in [0.15, 0.2) is 0 Å². The number of nitrogens with one attached hydrogen (secondary N) is 1. The van der Waals surface area contributed by atoms with Gasteiger partial charge in [-0.2, -0.15) is 0 Å². The lowest BCUT2D eigenvalue weighted by molar-refractivity contribution is -0.140. The van der Waals surface area contributed by atoms with Crippen molar-refractivity contribution in [3.05, 3.63) is 53.1 Å². The van der Waals surface area contributed by atoms with Crippen molar-refractivity contribution in [2.45, 2.75) is 30.2 Å². The van der Waals surface area contributed by atoms with Crippen LogP contribution in [0.1, 0.15) is 30.0 Å². The minimum atomic E-state index is -1.63. The van der Waals surface area contributed by atoms with E-state index in [2.05, 4.69) is 5.32 Å². The molecule has 6 nitrogen and oxygen atoms in total. The third-order valence-electron chi connectivity index (χ3n) is 5.86. The normalized spacial score (nSPS) is 16.5. The number of carbonyl (C=O) groups is 2. The molecule has 9 heteroatoms.